The second kappa shape index (κ2) is 5.96. The molecule has 0 aliphatic heterocycles. The van der Waals surface area contributed by atoms with E-state index in [1.54, 1.807) is 0 Å². The molecular formula is C14H24N2S. The van der Waals surface area contributed by atoms with Gasteiger partial charge in [0.05, 0.1) is 5.54 Å². The van der Waals surface area contributed by atoms with Crippen molar-refractivity contribution >= 4 is 11.3 Å². The molecule has 0 radical (unpaired) electrons. The minimum absolute atomic E-state index is 0.186. The molecule has 2 rings (SSSR count). The number of hydrogen-bond donors (Lipinski definition) is 1. The average molecular weight is 252 g/mol. The predicted molar refractivity (Wildman–Crippen MR) is 74.5 cm³/mol. The molecule has 1 fully saturated rings. The molecule has 1 aliphatic carbocycles. The van der Waals surface area contributed by atoms with Crippen LogP contribution in [0.5, 0.6) is 0 Å². The van der Waals surface area contributed by atoms with Gasteiger partial charge in [-0.05, 0) is 32.7 Å². The Bertz CT molecular complexity index is 338. The summed E-state index contributed by atoms with van der Waals surface area (Å²) in [6.07, 6.45) is 9.19. The Hall–Kier alpha value is -0.410. The number of nitrogens with one attached hydrogen (secondary N) is 1. The van der Waals surface area contributed by atoms with Crippen LogP contribution in [-0.2, 0) is 5.54 Å². The summed E-state index contributed by atoms with van der Waals surface area (Å²) in [7, 11) is 0. The third-order valence-corrected chi connectivity index (χ3v) is 4.86. The van der Waals surface area contributed by atoms with E-state index in [2.05, 4.69) is 24.5 Å². The molecule has 17 heavy (non-hydrogen) atoms. The van der Waals surface area contributed by atoms with Gasteiger partial charge in [-0.15, -0.1) is 11.3 Å². The van der Waals surface area contributed by atoms with E-state index in [0.29, 0.717) is 0 Å². The number of thiazole rings is 1. The molecule has 1 heterocycles. The van der Waals surface area contributed by atoms with Crippen LogP contribution in [0.1, 0.15) is 62.6 Å². The molecule has 2 nitrogen and oxygen atoms in total. The fraction of sp³-hybridized carbons (Fsp3) is 0.786. The van der Waals surface area contributed by atoms with Gasteiger partial charge in [-0.1, -0.05) is 32.6 Å². The Labute approximate surface area is 109 Å². The minimum Gasteiger partial charge on any atom is -0.305 e. The zero-order valence-electron chi connectivity index (χ0n) is 11.1. The third-order valence-electron chi connectivity index (χ3n) is 3.70. The van der Waals surface area contributed by atoms with E-state index in [4.69, 9.17) is 4.98 Å². The van der Waals surface area contributed by atoms with E-state index < -0.39 is 0 Å². The van der Waals surface area contributed by atoms with Gasteiger partial charge in [-0.25, -0.2) is 4.98 Å². The van der Waals surface area contributed by atoms with Gasteiger partial charge in [0.15, 0.2) is 0 Å². The summed E-state index contributed by atoms with van der Waals surface area (Å²) >= 11 is 1.84. The predicted octanol–water partition coefficient (Wildman–Crippen LogP) is 4.00. The van der Waals surface area contributed by atoms with Crippen molar-refractivity contribution < 1.29 is 0 Å². The van der Waals surface area contributed by atoms with Crippen LogP contribution >= 0.6 is 11.3 Å². The molecule has 0 spiro atoms. The Morgan fingerprint density at radius 2 is 2.00 bits per heavy atom. The summed E-state index contributed by atoms with van der Waals surface area (Å²) in [6, 6.07) is 0. The number of nitrogens with zero attached hydrogens (tertiary/aromatic N) is 1. The highest BCUT2D eigenvalue weighted by Gasteiger charge is 2.34. The van der Waals surface area contributed by atoms with Gasteiger partial charge in [0.1, 0.15) is 5.01 Å². The SMILES string of the molecule is CCCNC1(c2nc(C)cs2)CCCCCC1. The molecule has 0 atom stereocenters. The molecule has 96 valence electrons. The lowest BCUT2D eigenvalue weighted by atomic mass is 9.90. The van der Waals surface area contributed by atoms with Crippen LogP contribution in [0.15, 0.2) is 5.38 Å². The highest BCUT2D eigenvalue weighted by Crippen LogP contribution is 2.37. The first kappa shape index (κ1) is 13.0. The molecule has 1 saturated carbocycles. The number of rotatable bonds is 4. The molecule has 0 aromatic carbocycles. The summed E-state index contributed by atoms with van der Waals surface area (Å²) in [5.41, 5.74) is 1.36. The Morgan fingerprint density at radius 3 is 2.53 bits per heavy atom. The first-order valence-electron chi connectivity index (χ1n) is 6.94. The zero-order valence-corrected chi connectivity index (χ0v) is 11.9. The molecular weight excluding hydrogens is 228 g/mol. The monoisotopic (exact) mass is 252 g/mol. The van der Waals surface area contributed by atoms with E-state index in [1.807, 2.05) is 11.3 Å². The second-order valence-corrected chi connectivity index (χ2v) is 6.08. The highest BCUT2D eigenvalue weighted by molar-refractivity contribution is 7.09. The number of hydrogen-bond acceptors (Lipinski definition) is 3. The van der Waals surface area contributed by atoms with E-state index in [-0.39, 0.29) is 5.54 Å². The van der Waals surface area contributed by atoms with Crippen molar-refractivity contribution in [2.45, 2.75) is 64.3 Å². The largest absolute Gasteiger partial charge is 0.305 e. The molecule has 0 unspecified atom stereocenters. The van der Waals surface area contributed by atoms with Crippen LogP contribution in [0, 0.1) is 6.92 Å². The first-order chi connectivity index (χ1) is 8.27. The standard InChI is InChI=1S/C14H24N2S/c1-3-10-15-14(8-6-4-5-7-9-14)13-16-12(2)11-17-13/h11,15H,3-10H2,1-2H3. The second-order valence-electron chi connectivity index (χ2n) is 5.22. The topological polar surface area (TPSA) is 24.9 Å². The van der Waals surface area contributed by atoms with Crippen molar-refractivity contribution in [1.29, 1.82) is 0 Å². The molecule has 0 saturated heterocycles. The maximum Gasteiger partial charge on any atom is 0.113 e. The lowest BCUT2D eigenvalue weighted by molar-refractivity contribution is 0.289. The summed E-state index contributed by atoms with van der Waals surface area (Å²) in [4.78, 5) is 4.76. The molecule has 3 heteroatoms. The minimum atomic E-state index is 0.186. The average Bonchev–Trinajstić information content (AvgIpc) is 2.64. The van der Waals surface area contributed by atoms with Gasteiger partial charge in [0.2, 0.25) is 0 Å². The van der Waals surface area contributed by atoms with Crippen LogP contribution < -0.4 is 5.32 Å². The van der Waals surface area contributed by atoms with Gasteiger partial charge < -0.3 is 5.32 Å². The third kappa shape index (κ3) is 3.08. The smallest absolute Gasteiger partial charge is 0.113 e. The van der Waals surface area contributed by atoms with E-state index in [9.17, 15) is 0 Å². The van der Waals surface area contributed by atoms with Gasteiger partial charge in [0.25, 0.3) is 0 Å². The van der Waals surface area contributed by atoms with Gasteiger partial charge in [-0.3, -0.25) is 0 Å². The van der Waals surface area contributed by atoms with E-state index in [1.165, 1.54) is 55.6 Å². The summed E-state index contributed by atoms with van der Waals surface area (Å²) in [5.74, 6) is 0. The van der Waals surface area contributed by atoms with Crippen molar-refractivity contribution in [2.24, 2.45) is 0 Å². The summed E-state index contributed by atoms with van der Waals surface area (Å²) < 4.78 is 0. The molecule has 1 aromatic rings. The Morgan fingerprint density at radius 1 is 1.29 bits per heavy atom. The van der Waals surface area contributed by atoms with Crippen LogP contribution in [0.4, 0.5) is 0 Å². The van der Waals surface area contributed by atoms with Crippen LogP contribution in [-0.4, -0.2) is 11.5 Å². The van der Waals surface area contributed by atoms with Crippen molar-refractivity contribution in [3.8, 4) is 0 Å². The maximum absolute atomic E-state index is 4.76. The normalized spacial score (nSPS) is 20.1. The fourth-order valence-corrected chi connectivity index (χ4v) is 3.77. The van der Waals surface area contributed by atoms with Gasteiger partial charge >= 0.3 is 0 Å². The van der Waals surface area contributed by atoms with Crippen LogP contribution in [0.2, 0.25) is 0 Å². The zero-order chi connectivity index (χ0) is 12.1. The lowest BCUT2D eigenvalue weighted by Gasteiger charge is -2.32. The van der Waals surface area contributed by atoms with E-state index in [0.717, 1.165) is 6.54 Å². The summed E-state index contributed by atoms with van der Waals surface area (Å²) in [6.45, 7) is 5.45. The lowest BCUT2D eigenvalue weighted by Crippen LogP contribution is -2.42. The Balaban J connectivity index is 2.21. The van der Waals surface area contributed by atoms with Crippen molar-refractivity contribution in [1.82, 2.24) is 10.3 Å². The van der Waals surface area contributed by atoms with Gasteiger partial charge in [-0.2, -0.15) is 0 Å². The summed E-state index contributed by atoms with van der Waals surface area (Å²) in [5, 5.41) is 7.32. The molecule has 0 bridgehead atoms. The maximum atomic E-state index is 4.76. The van der Waals surface area contributed by atoms with Crippen molar-refractivity contribution in [2.75, 3.05) is 6.54 Å². The number of aromatic nitrogens is 1. The first-order valence-corrected chi connectivity index (χ1v) is 7.82. The quantitative estimate of drug-likeness (QED) is 0.819. The van der Waals surface area contributed by atoms with Crippen LogP contribution in [0.25, 0.3) is 0 Å². The van der Waals surface area contributed by atoms with Crippen LogP contribution in [0.3, 0.4) is 0 Å². The molecule has 1 N–H and O–H groups in total. The molecule has 1 aliphatic rings. The molecule has 1 aromatic heterocycles. The van der Waals surface area contributed by atoms with Gasteiger partial charge in [0, 0.05) is 11.1 Å². The van der Waals surface area contributed by atoms with Crippen molar-refractivity contribution in [3.05, 3.63) is 16.1 Å². The number of aryl methyl sites for hydroxylation is 1. The molecule has 0 amide bonds. The van der Waals surface area contributed by atoms with Crippen molar-refractivity contribution in [3.63, 3.8) is 0 Å². The highest BCUT2D eigenvalue weighted by atomic mass is 32.1. The Kier molecular flexibility index (Phi) is 4.57. The fourth-order valence-electron chi connectivity index (χ4n) is 2.74. The van der Waals surface area contributed by atoms with E-state index >= 15 is 0 Å².